The third kappa shape index (κ3) is 13.7. The Morgan fingerprint density at radius 3 is 1.88 bits per heavy atom. The van der Waals surface area contributed by atoms with Crippen LogP contribution in [0.15, 0.2) is 0 Å². The largest absolute Gasteiger partial charge is 0.380 e. The van der Waals surface area contributed by atoms with Crippen molar-refractivity contribution in [3.8, 4) is 0 Å². The van der Waals surface area contributed by atoms with Crippen molar-refractivity contribution in [2.24, 2.45) is 0 Å². The molecule has 0 bridgehead atoms. The van der Waals surface area contributed by atoms with Gasteiger partial charge in [0.05, 0.1) is 6.61 Å². The molecule has 2 amide bonds. The molecule has 0 aliphatic carbocycles. The minimum Gasteiger partial charge on any atom is -0.380 e. The minimum atomic E-state index is -0.219. The first-order valence-corrected chi connectivity index (χ1v) is 14.4. The lowest BCUT2D eigenvalue weighted by atomic mass is 9.81. The van der Waals surface area contributed by atoms with E-state index < -0.39 is 0 Å². The molecule has 0 saturated heterocycles. The van der Waals surface area contributed by atoms with Crippen molar-refractivity contribution < 1.29 is 14.3 Å². The number of hydrogen-bond acceptors (Lipinski definition) is 3. The molecule has 202 valence electrons. The summed E-state index contributed by atoms with van der Waals surface area (Å²) in [5.41, 5.74) is -0.385. The summed E-state index contributed by atoms with van der Waals surface area (Å²) < 4.78 is 5.29. The predicted molar refractivity (Wildman–Crippen MR) is 145 cm³/mol. The molecule has 0 spiro atoms. The van der Waals surface area contributed by atoms with Crippen LogP contribution in [0.4, 0.5) is 0 Å². The zero-order valence-corrected chi connectivity index (χ0v) is 23.9. The SMILES string of the molecule is CCCCCCCC(C)(CCCCC)N(C(=O)CCC(=O)NCCOCC)C(C)(C)CCCC. The van der Waals surface area contributed by atoms with Crippen LogP contribution in [0.5, 0.6) is 0 Å². The van der Waals surface area contributed by atoms with Crippen LogP contribution in [0.2, 0.25) is 0 Å². The maximum absolute atomic E-state index is 13.8. The fraction of sp³-hybridized carbons (Fsp3) is 0.931. The smallest absolute Gasteiger partial charge is 0.223 e. The van der Waals surface area contributed by atoms with Gasteiger partial charge in [0.2, 0.25) is 11.8 Å². The molecule has 0 rings (SSSR count). The van der Waals surface area contributed by atoms with Gasteiger partial charge < -0.3 is 15.0 Å². The fourth-order valence-corrected chi connectivity index (χ4v) is 5.13. The van der Waals surface area contributed by atoms with Crippen LogP contribution >= 0.6 is 0 Å². The van der Waals surface area contributed by atoms with E-state index in [2.05, 4.69) is 51.8 Å². The average molecular weight is 483 g/mol. The normalized spacial score (nSPS) is 13.5. The van der Waals surface area contributed by atoms with Gasteiger partial charge in [-0.25, -0.2) is 0 Å². The molecule has 5 heteroatoms. The molecule has 0 fully saturated rings. The van der Waals surface area contributed by atoms with Gasteiger partial charge in [0.1, 0.15) is 0 Å². The summed E-state index contributed by atoms with van der Waals surface area (Å²) in [7, 11) is 0. The van der Waals surface area contributed by atoms with Crippen LogP contribution in [0.1, 0.15) is 145 Å². The second-order valence-electron chi connectivity index (χ2n) is 10.8. The van der Waals surface area contributed by atoms with Crippen LogP contribution in [0, 0.1) is 0 Å². The lowest BCUT2D eigenvalue weighted by Gasteiger charge is -2.51. The van der Waals surface area contributed by atoms with Crippen LogP contribution in [0.3, 0.4) is 0 Å². The fourth-order valence-electron chi connectivity index (χ4n) is 5.13. The van der Waals surface area contributed by atoms with E-state index >= 15 is 0 Å². The maximum atomic E-state index is 13.8. The zero-order chi connectivity index (χ0) is 25.9. The average Bonchev–Trinajstić information content (AvgIpc) is 2.79. The van der Waals surface area contributed by atoms with Gasteiger partial charge in [0.15, 0.2) is 0 Å². The second-order valence-corrected chi connectivity index (χ2v) is 10.8. The molecule has 0 heterocycles. The monoisotopic (exact) mass is 482 g/mol. The summed E-state index contributed by atoms with van der Waals surface area (Å²) in [6, 6.07) is 0. The highest BCUT2D eigenvalue weighted by Crippen LogP contribution is 2.37. The van der Waals surface area contributed by atoms with E-state index in [0.717, 1.165) is 44.9 Å². The molecular weight excluding hydrogens is 424 g/mol. The van der Waals surface area contributed by atoms with E-state index in [1.54, 1.807) is 0 Å². The number of hydrogen-bond donors (Lipinski definition) is 1. The molecule has 0 radical (unpaired) electrons. The first-order chi connectivity index (χ1) is 16.2. The molecule has 0 aromatic carbocycles. The molecule has 1 atom stereocenters. The molecule has 1 unspecified atom stereocenters. The number of nitrogens with zero attached hydrogens (tertiary/aromatic N) is 1. The van der Waals surface area contributed by atoms with Crippen molar-refractivity contribution in [1.82, 2.24) is 10.2 Å². The first-order valence-electron chi connectivity index (χ1n) is 14.4. The Labute approximate surface area is 212 Å². The van der Waals surface area contributed by atoms with Crippen molar-refractivity contribution in [2.75, 3.05) is 19.8 Å². The Morgan fingerprint density at radius 2 is 1.29 bits per heavy atom. The van der Waals surface area contributed by atoms with Gasteiger partial charge in [0.25, 0.3) is 0 Å². The number of nitrogens with one attached hydrogen (secondary N) is 1. The molecular formula is C29H58N2O3. The third-order valence-electron chi connectivity index (χ3n) is 7.01. The van der Waals surface area contributed by atoms with Gasteiger partial charge in [-0.3, -0.25) is 9.59 Å². The van der Waals surface area contributed by atoms with Crippen LogP contribution in [-0.4, -0.2) is 47.6 Å². The van der Waals surface area contributed by atoms with Gasteiger partial charge in [-0.2, -0.15) is 0 Å². The van der Waals surface area contributed by atoms with E-state index in [4.69, 9.17) is 4.74 Å². The van der Waals surface area contributed by atoms with Crippen molar-refractivity contribution in [1.29, 1.82) is 0 Å². The van der Waals surface area contributed by atoms with Gasteiger partial charge in [0, 0.05) is 37.1 Å². The molecule has 1 N–H and O–H groups in total. The van der Waals surface area contributed by atoms with E-state index in [9.17, 15) is 9.59 Å². The Bertz CT molecular complexity index is 535. The molecule has 5 nitrogen and oxygen atoms in total. The maximum Gasteiger partial charge on any atom is 0.223 e. The number of carbonyl (C=O) groups excluding carboxylic acids is 2. The highest BCUT2D eigenvalue weighted by atomic mass is 16.5. The summed E-state index contributed by atoms with van der Waals surface area (Å²) in [5, 5.41) is 2.88. The minimum absolute atomic E-state index is 0.0633. The number of amides is 2. The van der Waals surface area contributed by atoms with Gasteiger partial charge in [-0.15, -0.1) is 0 Å². The standard InChI is InChI=1S/C29H58N2O3/c1-8-12-15-16-18-23-29(7,22-17-13-9-2)31(28(5,6)21-14-10-3)27(33)20-19-26(32)30-24-25-34-11-4/h8-25H2,1-7H3,(H,30,32). The third-order valence-corrected chi connectivity index (χ3v) is 7.01. The van der Waals surface area contributed by atoms with Gasteiger partial charge in [-0.05, 0) is 47.0 Å². The van der Waals surface area contributed by atoms with Crippen molar-refractivity contribution >= 4 is 11.8 Å². The van der Waals surface area contributed by atoms with Crippen molar-refractivity contribution in [3.63, 3.8) is 0 Å². The number of unbranched alkanes of at least 4 members (excludes halogenated alkanes) is 7. The summed E-state index contributed by atoms with van der Waals surface area (Å²) >= 11 is 0. The van der Waals surface area contributed by atoms with Crippen LogP contribution in [0.25, 0.3) is 0 Å². The lowest BCUT2D eigenvalue weighted by molar-refractivity contribution is -0.148. The Kier molecular flexibility index (Phi) is 18.5. The molecule has 0 aliphatic heterocycles. The van der Waals surface area contributed by atoms with Gasteiger partial charge in [-0.1, -0.05) is 85.0 Å². The molecule has 0 aromatic heterocycles. The van der Waals surface area contributed by atoms with Gasteiger partial charge >= 0.3 is 0 Å². The van der Waals surface area contributed by atoms with E-state index in [1.165, 1.54) is 38.5 Å². The van der Waals surface area contributed by atoms with Crippen LogP contribution in [-0.2, 0) is 14.3 Å². The van der Waals surface area contributed by atoms with E-state index in [-0.39, 0.29) is 35.7 Å². The summed E-state index contributed by atoms with van der Waals surface area (Å²) in [6.07, 6.45) is 15.6. The molecule has 34 heavy (non-hydrogen) atoms. The second kappa shape index (κ2) is 19.1. The molecule has 0 aliphatic rings. The topological polar surface area (TPSA) is 58.6 Å². The lowest BCUT2D eigenvalue weighted by Crippen LogP contribution is -2.59. The Hall–Kier alpha value is -1.10. The highest BCUT2D eigenvalue weighted by molar-refractivity contribution is 5.84. The van der Waals surface area contributed by atoms with E-state index in [1.807, 2.05) is 6.92 Å². The predicted octanol–water partition coefficient (Wildman–Crippen LogP) is 7.42. The summed E-state index contributed by atoms with van der Waals surface area (Å²) in [6.45, 7) is 17.1. The molecule has 0 aromatic rings. The van der Waals surface area contributed by atoms with Crippen molar-refractivity contribution in [3.05, 3.63) is 0 Å². The number of ether oxygens (including phenoxy) is 1. The first kappa shape index (κ1) is 32.9. The molecule has 0 saturated carbocycles. The number of rotatable bonds is 22. The highest BCUT2D eigenvalue weighted by Gasteiger charge is 2.42. The quantitative estimate of drug-likeness (QED) is 0.163. The summed E-state index contributed by atoms with van der Waals surface area (Å²) in [4.78, 5) is 28.3. The number of carbonyl (C=O) groups is 2. The van der Waals surface area contributed by atoms with E-state index in [0.29, 0.717) is 19.8 Å². The van der Waals surface area contributed by atoms with Crippen molar-refractivity contribution in [2.45, 2.75) is 156 Å². The summed E-state index contributed by atoms with van der Waals surface area (Å²) in [5.74, 6) is 0.0697. The zero-order valence-electron chi connectivity index (χ0n) is 23.9. The van der Waals surface area contributed by atoms with Crippen LogP contribution < -0.4 is 5.32 Å². The Morgan fingerprint density at radius 1 is 0.735 bits per heavy atom. The Balaban J connectivity index is 5.51.